The molecular weight excluding hydrogens is 338 g/mol. The highest BCUT2D eigenvalue weighted by Gasteiger charge is 2.35. The van der Waals surface area contributed by atoms with Gasteiger partial charge in [0.05, 0.1) is 5.71 Å². The van der Waals surface area contributed by atoms with Gasteiger partial charge in [-0.2, -0.15) is 5.10 Å². The first-order valence-corrected chi connectivity index (χ1v) is 9.72. The standard InChI is InChI=1S/C22H27N3O2/c1-2-9-21(18-10-5-3-6-11-18)23-24(17-26)16-22(27)25(20-14-15-20)19-12-7-4-8-13-19/h2-3,5-6,9-12,17,20H,4,7-8,13-16H2,1H3/b9-2-,23-21+. The van der Waals surface area contributed by atoms with Crippen LogP contribution in [0.15, 0.2) is 59.4 Å². The van der Waals surface area contributed by atoms with Crippen molar-refractivity contribution >= 4 is 18.0 Å². The van der Waals surface area contributed by atoms with Crippen LogP contribution < -0.4 is 0 Å². The van der Waals surface area contributed by atoms with Gasteiger partial charge in [-0.05, 0) is 51.5 Å². The molecule has 1 aromatic rings. The van der Waals surface area contributed by atoms with Gasteiger partial charge in [0.1, 0.15) is 6.54 Å². The van der Waals surface area contributed by atoms with E-state index in [0.29, 0.717) is 18.2 Å². The van der Waals surface area contributed by atoms with E-state index in [4.69, 9.17) is 0 Å². The molecule has 0 radical (unpaired) electrons. The zero-order chi connectivity index (χ0) is 19.1. The van der Waals surface area contributed by atoms with E-state index >= 15 is 0 Å². The van der Waals surface area contributed by atoms with Crippen LogP contribution in [0.5, 0.6) is 0 Å². The van der Waals surface area contributed by atoms with E-state index in [1.54, 1.807) is 0 Å². The summed E-state index contributed by atoms with van der Waals surface area (Å²) < 4.78 is 0. The van der Waals surface area contributed by atoms with Crippen LogP contribution in [0.2, 0.25) is 0 Å². The van der Waals surface area contributed by atoms with Gasteiger partial charge in [0.2, 0.25) is 12.3 Å². The van der Waals surface area contributed by atoms with Gasteiger partial charge in [-0.1, -0.05) is 42.5 Å². The van der Waals surface area contributed by atoms with Crippen LogP contribution in [-0.4, -0.2) is 40.5 Å². The van der Waals surface area contributed by atoms with Crippen molar-refractivity contribution in [3.05, 3.63) is 59.8 Å². The number of benzene rings is 1. The second kappa shape index (κ2) is 9.31. The van der Waals surface area contributed by atoms with Gasteiger partial charge in [0, 0.05) is 17.3 Å². The van der Waals surface area contributed by atoms with Crippen LogP contribution in [0.1, 0.15) is 51.0 Å². The van der Waals surface area contributed by atoms with Crippen LogP contribution in [0.4, 0.5) is 0 Å². The average Bonchev–Trinajstić information content (AvgIpc) is 3.53. The summed E-state index contributed by atoms with van der Waals surface area (Å²) in [6, 6.07) is 9.96. The Morgan fingerprint density at radius 1 is 1.22 bits per heavy atom. The summed E-state index contributed by atoms with van der Waals surface area (Å²) in [4.78, 5) is 26.5. The number of hydrogen-bond donors (Lipinski definition) is 0. The topological polar surface area (TPSA) is 53.0 Å². The fraction of sp³-hybridized carbons (Fsp3) is 0.409. The minimum Gasteiger partial charge on any atom is -0.312 e. The van der Waals surface area contributed by atoms with E-state index in [-0.39, 0.29) is 12.5 Å². The number of amides is 2. The van der Waals surface area contributed by atoms with Crippen molar-refractivity contribution in [3.8, 4) is 0 Å². The molecule has 0 aromatic heterocycles. The van der Waals surface area contributed by atoms with Crippen molar-refractivity contribution in [2.45, 2.75) is 51.5 Å². The van der Waals surface area contributed by atoms with Crippen LogP contribution in [0.3, 0.4) is 0 Å². The highest BCUT2D eigenvalue weighted by atomic mass is 16.2. The maximum absolute atomic E-state index is 13.0. The van der Waals surface area contributed by atoms with Crippen molar-refractivity contribution in [1.82, 2.24) is 9.91 Å². The maximum atomic E-state index is 13.0. The summed E-state index contributed by atoms with van der Waals surface area (Å²) in [5.74, 6) is -0.0469. The summed E-state index contributed by atoms with van der Waals surface area (Å²) in [6.07, 6.45) is 12.9. The Hall–Kier alpha value is -2.69. The summed E-state index contributed by atoms with van der Waals surface area (Å²) in [6.45, 7) is 1.87. The van der Waals surface area contributed by atoms with Gasteiger partial charge in [-0.3, -0.25) is 9.59 Å². The Morgan fingerprint density at radius 3 is 2.59 bits per heavy atom. The molecule has 0 atom stereocenters. The van der Waals surface area contributed by atoms with Gasteiger partial charge >= 0.3 is 0 Å². The van der Waals surface area contributed by atoms with Gasteiger partial charge in [-0.15, -0.1) is 0 Å². The molecule has 5 nitrogen and oxygen atoms in total. The van der Waals surface area contributed by atoms with Crippen LogP contribution in [0, 0.1) is 0 Å². The highest BCUT2D eigenvalue weighted by molar-refractivity contribution is 6.08. The first-order valence-electron chi connectivity index (χ1n) is 9.72. The van der Waals surface area contributed by atoms with Crippen molar-refractivity contribution in [2.24, 2.45) is 5.10 Å². The van der Waals surface area contributed by atoms with Crippen molar-refractivity contribution in [1.29, 1.82) is 0 Å². The first kappa shape index (κ1) is 19.1. The van der Waals surface area contributed by atoms with E-state index < -0.39 is 0 Å². The summed E-state index contributed by atoms with van der Waals surface area (Å²) in [5.41, 5.74) is 2.69. The number of carbonyl (C=O) groups excluding carboxylic acids is 2. The number of hydrazone groups is 1. The summed E-state index contributed by atoms with van der Waals surface area (Å²) in [5, 5.41) is 5.64. The maximum Gasteiger partial charge on any atom is 0.248 e. The minimum atomic E-state index is -0.0469. The molecule has 0 unspecified atom stereocenters. The van der Waals surface area contributed by atoms with E-state index in [0.717, 1.165) is 43.4 Å². The molecule has 27 heavy (non-hydrogen) atoms. The van der Waals surface area contributed by atoms with Gasteiger partial charge in [0.15, 0.2) is 0 Å². The Labute approximate surface area is 161 Å². The van der Waals surface area contributed by atoms with E-state index in [2.05, 4.69) is 11.2 Å². The number of rotatable bonds is 8. The molecule has 2 amide bonds. The first-order chi connectivity index (χ1) is 13.2. The SMILES string of the molecule is C/C=C\C(=N/N(C=O)CC(=O)N(C1=CCCCC1)C1CC1)c1ccccc1. The van der Waals surface area contributed by atoms with Crippen LogP contribution in [-0.2, 0) is 9.59 Å². The Morgan fingerprint density at radius 2 is 2.00 bits per heavy atom. The monoisotopic (exact) mass is 365 g/mol. The zero-order valence-electron chi connectivity index (χ0n) is 15.9. The smallest absolute Gasteiger partial charge is 0.248 e. The third kappa shape index (κ3) is 5.16. The van der Waals surface area contributed by atoms with Crippen LogP contribution >= 0.6 is 0 Å². The fourth-order valence-corrected chi connectivity index (χ4v) is 3.37. The van der Waals surface area contributed by atoms with Crippen molar-refractivity contribution in [2.75, 3.05) is 6.54 Å². The molecule has 0 saturated heterocycles. The second-order valence-corrected chi connectivity index (χ2v) is 6.99. The molecule has 5 heteroatoms. The quantitative estimate of drug-likeness (QED) is 0.399. The van der Waals surface area contributed by atoms with E-state index in [1.807, 2.05) is 54.3 Å². The Bertz CT molecular complexity index is 748. The molecule has 2 aliphatic rings. The van der Waals surface area contributed by atoms with Gasteiger partial charge in [0.25, 0.3) is 0 Å². The molecule has 1 saturated carbocycles. The lowest BCUT2D eigenvalue weighted by molar-refractivity contribution is -0.134. The molecular formula is C22H27N3O2. The molecule has 2 aliphatic carbocycles. The highest BCUT2D eigenvalue weighted by Crippen LogP contribution is 2.33. The number of carbonyl (C=O) groups is 2. The lowest BCUT2D eigenvalue weighted by Gasteiger charge is -2.28. The zero-order valence-corrected chi connectivity index (χ0v) is 15.9. The lowest BCUT2D eigenvalue weighted by Crippen LogP contribution is -2.39. The van der Waals surface area contributed by atoms with E-state index in [1.165, 1.54) is 11.4 Å². The molecule has 1 aromatic carbocycles. The molecule has 0 N–H and O–H groups in total. The predicted molar refractivity (Wildman–Crippen MR) is 107 cm³/mol. The minimum absolute atomic E-state index is 0.0365. The van der Waals surface area contributed by atoms with Gasteiger partial charge in [-0.25, -0.2) is 5.01 Å². The average molecular weight is 365 g/mol. The molecule has 142 valence electrons. The van der Waals surface area contributed by atoms with Crippen molar-refractivity contribution < 1.29 is 9.59 Å². The number of allylic oxidation sites excluding steroid dienone is 4. The molecule has 0 heterocycles. The van der Waals surface area contributed by atoms with E-state index in [9.17, 15) is 9.59 Å². The van der Waals surface area contributed by atoms with Crippen LogP contribution in [0.25, 0.3) is 0 Å². The lowest BCUT2D eigenvalue weighted by atomic mass is 10.0. The number of nitrogens with zero attached hydrogens (tertiary/aromatic N) is 3. The predicted octanol–water partition coefficient (Wildman–Crippen LogP) is 3.87. The molecule has 3 rings (SSSR count). The molecule has 0 aliphatic heterocycles. The van der Waals surface area contributed by atoms with Crippen molar-refractivity contribution in [3.63, 3.8) is 0 Å². The Balaban J connectivity index is 1.77. The fourth-order valence-electron chi connectivity index (χ4n) is 3.37. The number of hydrogen-bond acceptors (Lipinski definition) is 3. The molecule has 1 fully saturated rings. The third-order valence-corrected chi connectivity index (χ3v) is 4.81. The summed E-state index contributed by atoms with van der Waals surface area (Å²) >= 11 is 0. The molecule has 0 bridgehead atoms. The Kier molecular flexibility index (Phi) is 6.58. The summed E-state index contributed by atoms with van der Waals surface area (Å²) in [7, 11) is 0. The largest absolute Gasteiger partial charge is 0.312 e. The molecule has 0 spiro atoms. The normalized spacial score (nSPS) is 17.5. The van der Waals surface area contributed by atoms with Gasteiger partial charge < -0.3 is 4.90 Å². The second-order valence-electron chi connectivity index (χ2n) is 6.99. The third-order valence-electron chi connectivity index (χ3n) is 4.81.